The first-order valence-corrected chi connectivity index (χ1v) is 7.27. The Bertz CT molecular complexity index is 589. The topological polar surface area (TPSA) is 50.9 Å². The number of hydrogen-bond acceptors (Lipinski definition) is 3. The zero-order valence-electron chi connectivity index (χ0n) is 11.2. The number of halogens is 2. The zero-order chi connectivity index (χ0) is 14.5. The van der Waals surface area contributed by atoms with Gasteiger partial charge in [-0.2, -0.15) is 0 Å². The second kappa shape index (κ2) is 6.92. The molecule has 2 rings (SSSR count). The quantitative estimate of drug-likeness (QED) is 0.650. The molecule has 0 spiro atoms. The van der Waals surface area contributed by atoms with Crippen LogP contribution in [-0.2, 0) is 12.8 Å². The molecule has 0 saturated carbocycles. The zero-order valence-corrected chi connectivity index (χ0v) is 12.8. The van der Waals surface area contributed by atoms with Crippen LogP contribution in [0.2, 0.25) is 0 Å². The van der Waals surface area contributed by atoms with Gasteiger partial charge in [0.05, 0.1) is 6.04 Å². The molecule has 2 aromatic rings. The molecule has 1 aromatic heterocycles. The molecule has 1 unspecified atom stereocenters. The summed E-state index contributed by atoms with van der Waals surface area (Å²) in [5.41, 5.74) is 5.94. The summed E-state index contributed by atoms with van der Waals surface area (Å²) in [5.74, 6) is 5.44. The number of nitrogens with zero attached hydrogens (tertiary/aromatic N) is 1. The van der Waals surface area contributed by atoms with Crippen LogP contribution in [0.5, 0.6) is 0 Å². The average Bonchev–Trinajstić information content (AvgIpc) is 2.48. The predicted octanol–water partition coefficient (Wildman–Crippen LogP) is 3.29. The first kappa shape index (κ1) is 15.1. The van der Waals surface area contributed by atoms with Crippen molar-refractivity contribution in [2.45, 2.75) is 25.8 Å². The van der Waals surface area contributed by atoms with E-state index in [0.717, 1.165) is 27.6 Å². The van der Waals surface area contributed by atoms with E-state index >= 15 is 0 Å². The lowest BCUT2D eigenvalue weighted by Crippen LogP contribution is -2.30. The molecule has 1 aromatic carbocycles. The van der Waals surface area contributed by atoms with Gasteiger partial charge in [0.25, 0.3) is 0 Å². The minimum Gasteiger partial charge on any atom is -0.271 e. The van der Waals surface area contributed by atoms with E-state index in [4.69, 9.17) is 5.84 Å². The maximum atomic E-state index is 13.4. The van der Waals surface area contributed by atoms with E-state index in [1.165, 1.54) is 12.1 Å². The Morgan fingerprint density at radius 3 is 2.85 bits per heavy atom. The Morgan fingerprint density at radius 2 is 2.15 bits per heavy atom. The number of nitrogens with two attached hydrogens (primary N) is 1. The lowest BCUT2D eigenvalue weighted by molar-refractivity contribution is 0.543. The lowest BCUT2D eigenvalue weighted by atomic mass is 9.95. The Balaban J connectivity index is 2.31. The highest BCUT2D eigenvalue weighted by Gasteiger charge is 2.15. The van der Waals surface area contributed by atoms with Crippen molar-refractivity contribution in [1.29, 1.82) is 0 Å². The van der Waals surface area contributed by atoms with Gasteiger partial charge in [0.15, 0.2) is 0 Å². The Morgan fingerprint density at radius 1 is 1.35 bits per heavy atom. The summed E-state index contributed by atoms with van der Waals surface area (Å²) in [6.45, 7) is 2.08. The van der Waals surface area contributed by atoms with Crippen LogP contribution in [0.1, 0.15) is 29.7 Å². The van der Waals surface area contributed by atoms with Crippen LogP contribution in [0.25, 0.3) is 0 Å². The third-order valence-corrected chi connectivity index (χ3v) is 4.10. The number of aryl methyl sites for hydroxylation is 1. The minimum absolute atomic E-state index is 0.0777. The van der Waals surface area contributed by atoms with Crippen molar-refractivity contribution in [1.82, 2.24) is 10.4 Å². The number of nitrogens with one attached hydrogen (secondary N) is 1. The van der Waals surface area contributed by atoms with Gasteiger partial charge in [-0.3, -0.25) is 16.3 Å². The third-order valence-electron chi connectivity index (χ3n) is 3.33. The number of pyridine rings is 1. The van der Waals surface area contributed by atoms with Gasteiger partial charge in [0.2, 0.25) is 0 Å². The summed E-state index contributed by atoms with van der Waals surface area (Å²) in [5, 5.41) is 0. The lowest BCUT2D eigenvalue weighted by Gasteiger charge is -2.20. The molecule has 0 aliphatic heterocycles. The summed E-state index contributed by atoms with van der Waals surface area (Å²) in [4.78, 5) is 4.13. The Labute approximate surface area is 126 Å². The normalized spacial score (nSPS) is 12.4. The molecule has 1 heterocycles. The molecule has 0 bridgehead atoms. The maximum absolute atomic E-state index is 13.4. The van der Waals surface area contributed by atoms with Crippen LogP contribution < -0.4 is 11.3 Å². The van der Waals surface area contributed by atoms with E-state index in [2.05, 4.69) is 33.3 Å². The van der Waals surface area contributed by atoms with Crippen molar-refractivity contribution < 1.29 is 4.39 Å². The smallest absolute Gasteiger partial charge is 0.123 e. The van der Waals surface area contributed by atoms with Crippen molar-refractivity contribution in [2.24, 2.45) is 5.84 Å². The van der Waals surface area contributed by atoms with Gasteiger partial charge in [0.1, 0.15) is 5.82 Å². The number of aromatic nitrogens is 1. The molecule has 0 fully saturated rings. The molecule has 5 heteroatoms. The summed E-state index contributed by atoms with van der Waals surface area (Å²) in [6.07, 6.45) is 5.08. The summed E-state index contributed by atoms with van der Waals surface area (Å²) in [7, 11) is 0. The minimum atomic E-state index is -0.246. The fraction of sp³-hybridized carbons (Fsp3) is 0.267. The molecule has 20 heavy (non-hydrogen) atoms. The fourth-order valence-corrected chi connectivity index (χ4v) is 2.66. The first-order chi connectivity index (χ1) is 9.65. The summed E-state index contributed by atoms with van der Waals surface area (Å²) in [6, 6.07) is 6.55. The van der Waals surface area contributed by atoms with Crippen molar-refractivity contribution in [2.75, 3.05) is 0 Å². The van der Waals surface area contributed by atoms with Crippen LogP contribution >= 0.6 is 15.9 Å². The molecular weight excluding hydrogens is 321 g/mol. The van der Waals surface area contributed by atoms with Crippen LogP contribution in [0, 0.1) is 5.82 Å². The van der Waals surface area contributed by atoms with Gasteiger partial charge in [0, 0.05) is 16.9 Å². The van der Waals surface area contributed by atoms with E-state index < -0.39 is 0 Å². The molecule has 106 valence electrons. The van der Waals surface area contributed by atoms with Gasteiger partial charge in [-0.25, -0.2) is 4.39 Å². The van der Waals surface area contributed by atoms with Crippen LogP contribution in [0.3, 0.4) is 0 Å². The standard InChI is InChI=1S/C15H17BrFN3/c1-2-10-9-19-6-5-13(10)15(20-18)8-11-7-12(17)3-4-14(11)16/h3-7,9,15,20H,2,8,18H2,1H3. The SMILES string of the molecule is CCc1cnccc1C(Cc1cc(F)ccc1Br)NN. The highest BCUT2D eigenvalue weighted by molar-refractivity contribution is 9.10. The fourth-order valence-electron chi connectivity index (χ4n) is 2.25. The van der Waals surface area contributed by atoms with Gasteiger partial charge in [-0.1, -0.05) is 22.9 Å². The van der Waals surface area contributed by atoms with Gasteiger partial charge >= 0.3 is 0 Å². The van der Waals surface area contributed by atoms with E-state index in [1.54, 1.807) is 12.3 Å². The molecule has 0 amide bonds. The van der Waals surface area contributed by atoms with Crippen molar-refractivity contribution in [3.8, 4) is 0 Å². The largest absolute Gasteiger partial charge is 0.271 e. The van der Waals surface area contributed by atoms with Crippen molar-refractivity contribution >= 4 is 15.9 Å². The number of hydrazine groups is 1. The summed E-state index contributed by atoms with van der Waals surface area (Å²) < 4.78 is 14.2. The van der Waals surface area contributed by atoms with Gasteiger partial charge < -0.3 is 0 Å². The monoisotopic (exact) mass is 337 g/mol. The highest BCUT2D eigenvalue weighted by Crippen LogP contribution is 2.26. The second-order valence-electron chi connectivity index (χ2n) is 4.59. The predicted molar refractivity (Wildman–Crippen MR) is 81.5 cm³/mol. The Kier molecular flexibility index (Phi) is 5.23. The molecule has 0 radical (unpaired) electrons. The van der Waals surface area contributed by atoms with E-state index in [0.29, 0.717) is 6.42 Å². The number of hydrogen-bond donors (Lipinski definition) is 2. The van der Waals surface area contributed by atoms with Crippen molar-refractivity contribution in [3.63, 3.8) is 0 Å². The van der Waals surface area contributed by atoms with Crippen LogP contribution in [-0.4, -0.2) is 4.98 Å². The maximum Gasteiger partial charge on any atom is 0.123 e. The van der Waals surface area contributed by atoms with Crippen LogP contribution in [0.15, 0.2) is 41.1 Å². The molecule has 1 atom stereocenters. The third kappa shape index (κ3) is 3.42. The van der Waals surface area contributed by atoms with E-state index in [9.17, 15) is 4.39 Å². The van der Waals surface area contributed by atoms with Gasteiger partial charge in [-0.05, 0) is 53.8 Å². The van der Waals surface area contributed by atoms with Crippen molar-refractivity contribution in [3.05, 3.63) is 63.6 Å². The molecule has 0 saturated heterocycles. The van der Waals surface area contributed by atoms with E-state index in [-0.39, 0.29) is 11.9 Å². The molecule has 3 N–H and O–H groups in total. The molecule has 3 nitrogen and oxygen atoms in total. The molecule has 0 aliphatic rings. The second-order valence-corrected chi connectivity index (χ2v) is 5.44. The van der Waals surface area contributed by atoms with Crippen LogP contribution in [0.4, 0.5) is 4.39 Å². The molecule has 0 aliphatic carbocycles. The first-order valence-electron chi connectivity index (χ1n) is 6.48. The number of benzene rings is 1. The number of rotatable bonds is 5. The van der Waals surface area contributed by atoms with E-state index in [1.807, 2.05) is 12.3 Å². The average molecular weight is 338 g/mol. The molecular formula is C15H17BrFN3. The summed E-state index contributed by atoms with van der Waals surface area (Å²) >= 11 is 3.45. The highest BCUT2D eigenvalue weighted by atomic mass is 79.9. The Hall–Kier alpha value is -1.30. The van der Waals surface area contributed by atoms with Gasteiger partial charge in [-0.15, -0.1) is 0 Å².